The Morgan fingerprint density at radius 3 is 1.16 bits per heavy atom. The third-order valence-corrected chi connectivity index (χ3v) is 18.6. The molecule has 450 valence electrons. The summed E-state index contributed by atoms with van der Waals surface area (Å²) in [6.45, 7) is 17.1. The van der Waals surface area contributed by atoms with Crippen LogP contribution in [0.1, 0.15) is 73.5 Å². The molecule has 87 heavy (non-hydrogen) atoms. The van der Waals surface area contributed by atoms with E-state index in [0.29, 0.717) is 40.8 Å². The molecule has 4 aromatic heterocycles. The summed E-state index contributed by atoms with van der Waals surface area (Å²) in [5.41, 5.74) is 7.34. The van der Waals surface area contributed by atoms with Gasteiger partial charge in [-0.1, -0.05) is 173 Å². The Hall–Kier alpha value is -7.88. The SMILES string of the molecule is COc1ccc(C(Nc2ncnc3c2ncn3[C@@H]2O[C@H](COP(C)(C)=O)C(C)C2C)(c2ccccc2)c2ccccc2)cc1.COc1ccc(C(Nc2ncnc3c2ncn3[C@@H]2O[C@H](COP(C)C)C(C)C2C)(c2ccccc2)c2ccccc2)cc1. The fourth-order valence-corrected chi connectivity index (χ4v) is 13.0. The number of anilines is 2. The molecule has 0 spiro atoms. The second-order valence-electron chi connectivity index (χ2n) is 23.0. The number of hydrogen-bond acceptors (Lipinski definition) is 15. The molecular formula is C68H76N10O7P2. The molecule has 2 N–H and O–H groups in total. The summed E-state index contributed by atoms with van der Waals surface area (Å²) in [7, 11) is 0.268. The maximum absolute atomic E-state index is 12.2. The highest BCUT2D eigenvalue weighted by Crippen LogP contribution is 2.47. The molecule has 2 saturated heterocycles. The van der Waals surface area contributed by atoms with Crippen LogP contribution in [0, 0.1) is 23.7 Å². The molecule has 12 rings (SSSR count). The number of benzene rings is 6. The Labute approximate surface area is 510 Å². The lowest BCUT2D eigenvalue weighted by molar-refractivity contribution is -0.0285. The van der Waals surface area contributed by atoms with E-state index in [9.17, 15) is 4.57 Å². The first-order valence-electron chi connectivity index (χ1n) is 29.4. The summed E-state index contributed by atoms with van der Waals surface area (Å²) in [6.07, 6.45) is 6.06. The van der Waals surface area contributed by atoms with E-state index in [-0.39, 0.29) is 49.0 Å². The molecule has 4 unspecified atom stereocenters. The van der Waals surface area contributed by atoms with Gasteiger partial charge in [-0.25, -0.2) is 29.9 Å². The third kappa shape index (κ3) is 12.4. The summed E-state index contributed by atoms with van der Waals surface area (Å²) in [4.78, 5) is 28.5. The lowest BCUT2D eigenvalue weighted by Crippen LogP contribution is -2.38. The molecule has 10 aromatic rings. The van der Waals surface area contributed by atoms with Crippen LogP contribution in [-0.4, -0.2) is 105 Å². The van der Waals surface area contributed by atoms with Gasteiger partial charge in [-0.2, -0.15) is 0 Å². The van der Waals surface area contributed by atoms with Gasteiger partial charge in [-0.05, 0) is 82.8 Å². The van der Waals surface area contributed by atoms with Crippen molar-refractivity contribution in [1.29, 1.82) is 0 Å². The Bertz CT molecular complexity index is 3840. The average Bonchev–Trinajstić information content (AvgIpc) is 2.11. The molecule has 19 heteroatoms. The third-order valence-electron chi connectivity index (χ3n) is 17.2. The van der Waals surface area contributed by atoms with Gasteiger partial charge >= 0.3 is 0 Å². The van der Waals surface area contributed by atoms with E-state index in [0.717, 1.165) is 50.5 Å². The maximum Gasteiger partial charge on any atom is 0.197 e. The lowest BCUT2D eigenvalue weighted by atomic mass is 9.77. The van der Waals surface area contributed by atoms with Crippen molar-refractivity contribution in [1.82, 2.24) is 39.0 Å². The van der Waals surface area contributed by atoms with Crippen LogP contribution in [0.4, 0.5) is 11.6 Å². The smallest absolute Gasteiger partial charge is 0.197 e. The molecule has 0 radical (unpaired) electrons. The largest absolute Gasteiger partial charge is 0.497 e. The second kappa shape index (κ2) is 26.2. The zero-order valence-electron chi connectivity index (χ0n) is 50.8. The minimum Gasteiger partial charge on any atom is -0.497 e. The zero-order valence-corrected chi connectivity index (χ0v) is 52.6. The quantitative estimate of drug-likeness (QED) is 0.0542. The summed E-state index contributed by atoms with van der Waals surface area (Å²) in [5, 5.41) is 7.69. The maximum atomic E-state index is 12.2. The number of rotatable bonds is 20. The minimum absolute atomic E-state index is 0.0145. The predicted molar refractivity (Wildman–Crippen MR) is 344 cm³/mol. The van der Waals surface area contributed by atoms with Crippen molar-refractivity contribution >= 4 is 49.5 Å². The van der Waals surface area contributed by atoms with Gasteiger partial charge in [0.15, 0.2) is 41.3 Å². The summed E-state index contributed by atoms with van der Waals surface area (Å²) in [6, 6.07) is 57.8. The van der Waals surface area contributed by atoms with Crippen LogP contribution in [0.3, 0.4) is 0 Å². The summed E-state index contributed by atoms with van der Waals surface area (Å²) in [5.74, 6) is 3.70. The van der Waals surface area contributed by atoms with Gasteiger partial charge < -0.3 is 38.6 Å². The van der Waals surface area contributed by atoms with Crippen molar-refractivity contribution < 1.29 is 32.6 Å². The topological polar surface area (TPSA) is 184 Å². The van der Waals surface area contributed by atoms with Crippen LogP contribution in [0.15, 0.2) is 195 Å². The number of fused-ring (bicyclic) bond motifs is 2. The van der Waals surface area contributed by atoms with Crippen molar-refractivity contribution in [2.45, 2.75) is 63.4 Å². The van der Waals surface area contributed by atoms with Crippen molar-refractivity contribution in [2.24, 2.45) is 23.7 Å². The van der Waals surface area contributed by atoms with Gasteiger partial charge in [0.2, 0.25) is 0 Å². The van der Waals surface area contributed by atoms with Crippen LogP contribution in [-0.2, 0) is 34.2 Å². The molecule has 0 aliphatic carbocycles. The molecule has 0 saturated carbocycles. The fourth-order valence-electron chi connectivity index (χ4n) is 12.0. The molecule has 17 nitrogen and oxygen atoms in total. The number of hydrogen-bond donors (Lipinski definition) is 2. The highest BCUT2D eigenvalue weighted by atomic mass is 31.2. The number of nitrogens with zero attached hydrogens (tertiary/aromatic N) is 8. The molecule has 6 aromatic carbocycles. The molecule has 2 aliphatic heterocycles. The van der Waals surface area contributed by atoms with Crippen molar-refractivity contribution in [3.63, 3.8) is 0 Å². The second-order valence-corrected chi connectivity index (χ2v) is 27.6. The van der Waals surface area contributed by atoms with Crippen LogP contribution >= 0.6 is 15.5 Å². The average molecular weight is 1210 g/mol. The molecule has 2 aliphatic rings. The first-order valence-corrected chi connectivity index (χ1v) is 34.0. The van der Waals surface area contributed by atoms with Crippen LogP contribution in [0.2, 0.25) is 0 Å². The van der Waals surface area contributed by atoms with E-state index >= 15 is 0 Å². The van der Waals surface area contributed by atoms with Gasteiger partial charge in [0.25, 0.3) is 0 Å². The van der Waals surface area contributed by atoms with Gasteiger partial charge in [0, 0.05) is 33.3 Å². The monoisotopic (exact) mass is 1210 g/mol. The number of imidazole rings is 2. The van der Waals surface area contributed by atoms with Crippen molar-refractivity contribution in [3.05, 3.63) is 229 Å². The van der Waals surface area contributed by atoms with E-state index in [4.69, 9.17) is 52.9 Å². The van der Waals surface area contributed by atoms with Crippen molar-refractivity contribution in [2.75, 3.05) is 64.7 Å². The van der Waals surface area contributed by atoms with Crippen molar-refractivity contribution in [3.8, 4) is 11.5 Å². The highest BCUT2D eigenvalue weighted by molar-refractivity contribution is 7.57. The Kier molecular flexibility index (Phi) is 18.3. The predicted octanol–water partition coefficient (Wildman–Crippen LogP) is 14.0. The lowest BCUT2D eigenvalue weighted by Gasteiger charge is -2.37. The Balaban J connectivity index is 0.000000180. The summed E-state index contributed by atoms with van der Waals surface area (Å²) >= 11 is 0. The van der Waals surface area contributed by atoms with E-state index in [1.54, 1.807) is 46.5 Å². The molecule has 6 heterocycles. The van der Waals surface area contributed by atoms with Gasteiger partial charge in [-0.3, -0.25) is 13.7 Å². The standard InChI is InChI=1S/C34H38N5O4P.C34H38N5O3P/c1-23-24(2)33(43-29(23)20-42-44(4,5)40)39-22-37-30-31(35-21-36-32(30)39)38-34(25-12-8-6-9-13-25,26-14-10-7-11-15-26)27-16-18-28(41-3)19-17-27;1-23-24(2)33(42-29(23)20-41-43(4)5)39-22-37-30-31(35-21-36-32(30)39)38-34(25-12-8-6-9-13-25,26-14-10-7-11-15-26)27-16-18-28(40-3)19-17-27/h6-19,21-24,29,33H,20H2,1-5H3,(H,35,36,38);6-19,21-24,29,33H,20H2,1-5H3,(H,35,36,38)/t2*23?,24?,29-,33-/m11/s1. The molecule has 2 fully saturated rings. The van der Waals surface area contributed by atoms with E-state index in [1.807, 2.05) is 88.3 Å². The molecule has 0 bridgehead atoms. The fraction of sp³-hybridized carbons (Fsp3) is 0.324. The number of nitrogens with one attached hydrogen (secondary N) is 2. The molecular weight excluding hydrogens is 1130 g/mol. The molecule has 0 amide bonds. The number of methoxy groups -OCH3 is 2. The van der Waals surface area contributed by atoms with Crippen LogP contribution in [0.25, 0.3) is 22.3 Å². The summed E-state index contributed by atoms with van der Waals surface area (Å²) < 4.78 is 51.9. The van der Waals surface area contributed by atoms with E-state index in [2.05, 4.69) is 154 Å². The molecule has 8 atom stereocenters. The van der Waals surface area contributed by atoms with Crippen LogP contribution < -0.4 is 20.1 Å². The Morgan fingerprint density at radius 1 is 0.483 bits per heavy atom. The normalized spacial score (nSPS) is 20.5. The van der Waals surface area contributed by atoms with E-state index < -0.39 is 26.6 Å². The van der Waals surface area contributed by atoms with E-state index in [1.165, 1.54) is 0 Å². The first kappa shape index (κ1) is 60.8. The zero-order chi connectivity index (χ0) is 60.9. The van der Waals surface area contributed by atoms with Gasteiger partial charge in [0.05, 0.1) is 52.3 Å². The minimum atomic E-state index is -2.63. The number of ether oxygens (including phenoxy) is 4. The number of aromatic nitrogens is 8. The van der Waals surface area contributed by atoms with Crippen LogP contribution in [0.5, 0.6) is 11.5 Å². The Morgan fingerprint density at radius 2 is 0.828 bits per heavy atom. The highest BCUT2D eigenvalue weighted by Gasteiger charge is 2.44. The van der Waals surface area contributed by atoms with Gasteiger partial charge in [0.1, 0.15) is 47.7 Å². The van der Waals surface area contributed by atoms with Gasteiger partial charge in [-0.15, -0.1) is 0 Å². The first-order chi connectivity index (χ1) is 42.1.